The topological polar surface area (TPSA) is 21.6 Å². The monoisotopic (exact) mass is 369 g/mol. The van der Waals surface area contributed by atoms with E-state index in [1.807, 2.05) is 36.4 Å². The number of oxime groups is 1. The fourth-order valence-corrected chi connectivity index (χ4v) is 3.48. The van der Waals surface area contributed by atoms with E-state index in [1.165, 1.54) is 11.8 Å². The lowest BCUT2D eigenvalue weighted by Crippen LogP contribution is -1.83. The molecule has 3 aromatic rings. The average molecular weight is 370 g/mol. The van der Waals surface area contributed by atoms with E-state index in [9.17, 15) is 0 Å². The van der Waals surface area contributed by atoms with Crippen molar-refractivity contribution in [3.63, 3.8) is 0 Å². The summed E-state index contributed by atoms with van der Waals surface area (Å²) in [4.78, 5) is 5.80. The first kappa shape index (κ1) is 14.8. The second-order valence-corrected chi connectivity index (χ2v) is 6.42. The molecule has 0 aliphatic carbocycles. The van der Waals surface area contributed by atoms with Crippen LogP contribution in [-0.4, -0.2) is 13.3 Å². The van der Waals surface area contributed by atoms with Gasteiger partial charge in [0.2, 0.25) is 0 Å². The predicted octanol–water partition coefficient (Wildman–Crippen LogP) is 5.04. The maximum absolute atomic E-state index is 4.80. The van der Waals surface area contributed by atoms with Gasteiger partial charge < -0.3 is 4.84 Å². The first-order valence-corrected chi connectivity index (χ1v) is 8.25. The number of nitrogens with zero attached hydrogens (tertiary/aromatic N) is 1. The van der Waals surface area contributed by atoms with E-state index in [0.717, 1.165) is 25.9 Å². The van der Waals surface area contributed by atoms with Gasteiger partial charge in [0.15, 0.2) is 0 Å². The smallest absolute Gasteiger partial charge is 0.106 e. The molecule has 1 aromatic heterocycles. The number of hydrogen-bond acceptors (Lipinski definition) is 3. The van der Waals surface area contributed by atoms with Crippen LogP contribution >= 0.6 is 27.3 Å². The molecule has 0 aliphatic rings. The van der Waals surface area contributed by atoms with Crippen molar-refractivity contribution < 1.29 is 4.84 Å². The Morgan fingerprint density at radius 1 is 1.09 bits per heavy atom. The number of hydrogen-bond donors (Lipinski definition) is 0. The standard InChI is InChI=1S/C18H12BrNOS/c1-21-20-12-18-15(14-7-3-5-9-17(14)22-18)11-10-13-6-2-4-8-16(13)19/h2-9,12H,1H3. The van der Waals surface area contributed by atoms with E-state index in [0.29, 0.717) is 0 Å². The van der Waals surface area contributed by atoms with Crippen molar-refractivity contribution in [2.24, 2.45) is 5.16 Å². The largest absolute Gasteiger partial charge is 0.399 e. The van der Waals surface area contributed by atoms with Gasteiger partial charge in [0.05, 0.1) is 16.7 Å². The lowest BCUT2D eigenvalue weighted by Gasteiger charge is -1.94. The molecule has 0 atom stereocenters. The van der Waals surface area contributed by atoms with Crippen molar-refractivity contribution in [2.75, 3.05) is 7.11 Å². The Kier molecular flexibility index (Phi) is 4.57. The van der Waals surface area contributed by atoms with Crippen molar-refractivity contribution in [2.45, 2.75) is 0 Å². The molecule has 0 fully saturated rings. The van der Waals surface area contributed by atoms with E-state index in [4.69, 9.17) is 4.84 Å². The second kappa shape index (κ2) is 6.78. The van der Waals surface area contributed by atoms with E-state index >= 15 is 0 Å². The Hall–Kier alpha value is -2.09. The van der Waals surface area contributed by atoms with Crippen LogP contribution in [0.5, 0.6) is 0 Å². The van der Waals surface area contributed by atoms with Crippen LogP contribution in [0.1, 0.15) is 16.0 Å². The summed E-state index contributed by atoms with van der Waals surface area (Å²) in [5.41, 5.74) is 1.95. The highest BCUT2D eigenvalue weighted by Gasteiger charge is 2.08. The van der Waals surface area contributed by atoms with Crippen LogP contribution in [0.3, 0.4) is 0 Å². The summed E-state index contributed by atoms with van der Waals surface area (Å²) in [7, 11) is 1.54. The molecule has 22 heavy (non-hydrogen) atoms. The van der Waals surface area contributed by atoms with Crippen molar-refractivity contribution in [3.8, 4) is 11.8 Å². The van der Waals surface area contributed by atoms with Gasteiger partial charge in [-0.15, -0.1) is 11.3 Å². The van der Waals surface area contributed by atoms with Gasteiger partial charge in [-0.05, 0) is 34.1 Å². The molecule has 0 amide bonds. The van der Waals surface area contributed by atoms with Crippen LogP contribution in [-0.2, 0) is 4.84 Å². The normalized spacial score (nSPS) is 10.6. The number of fused-ring (bicyclic) bond motifs is 1. The quantitative estimate of drug-likeness (QED) is 0.352. The van der Waals surface area contributed by atoms with Gasteiger partial charge in [-0.25, -0.2) is 0 Å². The Balaban J connectivity index is 2.14. The summed E-state index contributed by atoms with van der Waals surface area (Å²) >= 11 is 5.18. The molecule has 0 radical (unpaired) electrons. The summed E-state index contributed by atoms with van der Waals surface area (Å²) < 4.78 is 2.19. The van der Waals surface area contributed by atoms with Gasteiger partial charge in [-0.2, -0.15) is 0 Å². The molecular weight excluding hydrogens is 358 g/mol. The van der Waals surface area contributed by atoms with E-state index < -0.39 is 0 Å². The maximum Gasteiger partial charge on any atom is 0.106 e. The molecule has 0 N–H and O–H groups in total. The number of rotatable bonds is 2. The maximum atomic E-state index is 4.80. The molecule has 3 rings (SSSR count). The van der Waals surface area contributed by atoms with Crippen molar-refractivity contribution in [3.05, 3.63) is 69.0 Å². The van der Waals surface area contributed by atoms with Crippen molar-refractivity contribution in [1.29, 1.82) is 0 Å². The zero-order chi connectivity index (χ0) is 15.4. The molecule has 4 heteroatoms. The molecule has 0 unspecified atom stereocenters. The Labute approximate surface area is 141 Å². The minimum absolute atomic E-state index is 0.965. The van der Waals surface area contributed by atoms with Crippen LogP contribution in [0.2, 0.25) is 0 Å². The molecule has 0 saturated carbocycles. The van der Waals surface area contributed by atoms with E-state index in [2.05, 4.69) is 45.1 Å². The van der Waals surface area contributed by atoms with Gasteiger partial charge in [0.25, 0.3) is 0 Å². The first-order chi connectivity index (χ1) is 10.8. The lowest BCUT2D eigenvalue weighted by atomic mass is 10.1. The highest BCUT2D eigenvalue weighted by molar-refractivity contribution is 9.10. The third kappa shape index (κ3) is 3.06. The zero-order valence-corrected chi connectivity index (χ0v) is 14.2. The van der Waals surface area contributed by atoms with Gasteiger partial charge in [-0.3, -0.25) is 0 Å². The summed E-state index contributed by atoms with van der Waals surface area (Å²) in [6.07, 6.45) is 1.72. The Morgan fingerprint density at radius 2 is 1.86 bits per heavy atom. The highest BCUT2D eigenvalue weighted by Crippen LogP contribution is 2.29. The predicted molar refractivity (Wildman–Crippen MR) is 96.6 cm³/mol. The highest BCUT2D eigenvalue weighted by atomic mass is 79.9. The molecule has 2 nitrogen and oxygen atoms in total. The second-order valence-electron chi connectivity index (χ2n) is 4.48. The summed E-state index contributed by atoms with van der Waals surface area (Å²) in [6.45, 7) is 0. The van der Waals surface area contributed by atoms with E-state index in [-0.39, 0.29) is 0 Å². The Bertz CT molecular complexity index is 902. The molecule has 0 spiro atoms. The SMILES string of the molecule is CON=Cc1sc2ccccc2c1C#Cc1ccccc1Br. The van der Waals surface area contributed by atoms with Gasteiger partial charge in [0, 0.05) is 20.1 Å². The summed E-state index contributed by atoms with van der Waals surface area (Å²) in [5, 5.41) is 5.02. The molecule has 0 aliphatic heterocycles. The molecule has 108 valence electrons. The molecule has 0 bridgehead atoms. The van der Waals surface area contributed by atoms with E-state index in [1.54, 1.807) is 17.6 Å². The van der Waals surface area contributed by atoms with Crippen molar-refractivity contribution >= 4 is 43.6 Å². The minimum atomic E-state index is 0.965. The molecule has 1 heterocycles. The third-order valence-corrected chi connectivity index (χ3v) is 4.89. The van der Waals surface area contributed by atoms with Crippen LogP contribution in [0.4, 0.5) is 0 Å². The zero-order valence-electron chi connectivity index (χ0n) is 11.8. The third-order valence-electron chi connectivity index (χ3n) is 3.09. The molecule has 0 saturated heterocycles. The van der Waals surface area contributed by atoms with Crippen LogP contribution < -0.4 is 0 Å². The van der Waals surface area contributed by atoms with Gasteiger partial charge >= 0.3 is 0 Å². The lowest BCUT2D eigenvalue weighted by molar-refractivity contribution is 0.215. The fourth-order valence-electron chi connectivity index (χ4n) is 2.08. The van der Waals surface area contributed by atoms with Crippen LogP contribution in [0.25, 0.3) is 10.1 Å². The Morgan fingerprint density at radius 3 is 2.68 bits per heavy atom. The molecular formula is C18H12BrNOS. The number of halogens is 1. The fraction of sp³-hybridized carbons (Fsp3) is 0.0556. The molecule has 2 aromatic carbocycles. The summed E-state index contributed by atoms with van der Waals surface area (Å²) in [6, 6.07) is 16.2. The van der Waals surface area contributed by atoms with Gasteiger partial charge in [-0.1, -0.05) is 47.3 Å². The van der Waals surface area contributed by atoms with Crippen LogP contribution in [0, 0.1) is 11.8 Å². The van der Waals surface area contributed by atoms with Crippen LogP contribution in [0.15, 0.2) is 58.2 Å². The first-order valence-electron chi connectivity index (χ1n) is 6.64. The van der Waals surface area contributed by atoms with Crippen molar-refractivity contribution in [1.82, 2.24) is 0 Å². The summed E-state index contributed by atoms with van der Waals surface area (Å²) in [5.74, 6) is 6.52. The minimum Gasteiger partial charge on any atom is -0.399 e. The average Bonchev–Trinajstić information content (AvgIpc) is 2.90. The number of thiophene rings is 1. The number of benzene rings is 2. The van der Waals surface area contributed by atoms with Gasteiger partial charge in [0.1, 0.15) is 7.11 Å².